The van der Waals surface area contributed by atoms with Crippen LogP contribution in [0.1, 0.15) is 41.4 Å². The molecule has 0 atom stereocenters. The van der Waals surface area contributed by atoms with Crippen molar-refractivity contribution in [1.29, 1.82) is 0 Å². The van der Waals surface area contributed by atoms with Gasteiger partial charge in [-0.1, -0.05) is 38.1 Å². The minimum absolute atomic E-state index is 0.0493. The number of Topliss-reactive ketones (excluding diaryl/α,β-unsaturated/α-hetero) is 1. The van der Waals surface area contributed by atoms with E-state index >= 15 is 0 Å². The van der Waals surface area contributed by atoms with Gasteiger partial charge in [0.2, 0.25) is 5.78 Å². The number of benzene rings is 2. The molecule has 23 heavy (non-hydrogen) atoms. The summed E-state index contributed by atoms with van der Waals surface area (Å²) >= 11 is 0. The average molecular weight is 307 g/mol. The van der Waals surface area contributed by atoms with Crippen molar-refractivity contribution in [3.05, 3.63) is 65.4 Å². The second-order valence-electron chi connectivity index (χ2n) is 6.15. The first-order valence-corrected chi connectivity index (χ1v) is 7.91. The first-order valence-electron chi connectivity index (χ1n) is 7.91. The molecular weight excluding hydrogens is 286 g/mol. The highest BCUT2D eigenvalue weighted by Gasteiger charge is 2.12. The molecule has 3 rings (SSSR count). The Morgan fingerprint density at radius 2 is 1.91 bits per heavy atom. The Bertz CT molecular complexity index is 813. The highest BCUT2D eigenvalue weighted by atomic mass is 16.3. The van der Waals surface area contributed by atoms with Crippen molar-refractivity contribution in [2.75, 3.05) is 11.9 Å². The Balaban J connectivity index is 1.70. The number of fused-ring (bicyclic) bond motifs is 1. The summed E-state index contributed by atoms with van der Waals surface area (Å²) in [6, 6.07) is 15.7. The van der Waals surface area contributed by atoms with Crippen molar-refractivity contribution in [2.24, 2.45) is 0 Å². The quantitative estimate of drug-likeness (QED) is 0.662. The molecule has 0 spiro atoms. The van der Waals surface area contributed by atoms with Crippen molar-refractivity contribution in [1.82, 2.24) is 0 Å². The molecule has 0 amide bonds. The van der Waals surface area contributed by atoms with Gasteiger partial charge in [-0.15, -0.1) is 0 Å². The second kappa shape index (κ2) is 6.29. The third-order valence-electron chi connectivity index (χ3n) is 4.05. The van der Waals surface area contributed by atoms with Gasteiger partial charge in [-0.2, -0.15) is 0 Å². The third-order valence-corrected chi connectivity index (χ3v) is 4.05. The van der Waals surface area contributed by atoms with Crippen LogP contribution in [0.25, 0.3) is 11.0 Å². The van der Waals surface area contributed by atoms with E-state index in [1.54, 1.807) is 6.07 Å². The average Bonchev–Trinajstić information content (AvgIpc) is 2.96. The Morgan fingerprint density at radius 3 is 2.61 bits per heavy atom. The number of furan rings is 1. The molecule has 1 heterocycles. The molecule has 2 aromatic carbocycles. The van der Waals surface area contributed by atoms with Gasteiger partial charge in [0.1, 0.15) is 5.58 Å². The van der Waals surface area contributed by atoms with Gasteiger partial charge in [0.25, 0.3) is 0 Å². The standard InChI is InChI=1S/C20H21NO2/c1-13(2)17-9-8-16(10-14(17)3)21-12-18(22)20-11-15-6-4-5-7-19(15)23-20/h4-11,13,21H,12H2,1-3H3. The number of ketones is 1. The molecule has 0 saturated carbocycles. The number of aryl methyl sites for hydroxylation is 1. The van der Waals surface area contributed by atoms with Crippen LogP contribution in [0.3, 0.4) is 0 Å². The first-order chi connectivity index (χ1) is 11.0. The monoisotopic (exact) mass is 307 g/mol. The normalized spacial score (nSPS) is 11.1. The van der Waals surface area contributed by atoms with Crippen molar-refractivity contribution >= 4 is 22.4 Å². The number of nitrogens with one attached hydrogen (secondary N) is 1. The van der Waals surface area contributed by atoms with Crippen molar-refractivity contribution in [3.8, 4) is 0 Å². The molecule has 1 N–H and O–H groups in total. The smallest absolute Gasteiger partial charge is 0.216 e. The zero-order chi connectivity index (χ0) is 16.4. The summed E-state index contributed by atoms with van der Waals surface area (Å²) in [4.78, 5) is 12.3. The van der Waals surface area contributed by atoms with Crippen LogP contribution in [0.4, 0.5) is 5.69 Å². The zero-order valence-corrected chi connectivity index (χ0v) is 13.7. The van der Waals surface area contributed by atoms with E-state index in [2.05, 4.69) is 38.2 Å². The maximum Gasteiger partial charge on any atom is 0.216 e. The Hall–Kier alpha value is -2.55. The molecule has 3 aromatic rings. The Labute approximate surface area is 136 Å². The molecule has 0 bridgehead atoms. The van der Waals surface area contributed by atoms with Gasteiger partial charge in [-0.05, 0) is 48.2 Å². The van der Waals surface area contributed by atoms with Crippen molar-refractivity contribution in [2.45, 2.75) is 26.7 Å². The number of anilines is 1. The maximum absolute atomic E-state index is 12.3. The summed E-state index contributed by atoms with van der Waals surface area (Å²) in [7, 11) is 0. The van der Waals surface area contributed by atoms with Gasteiger partial charge in [0.05, 0.1) is 6.54 Å². The van der Waals surface area contributed by atoms with Crippen LogP contribution in [0.5, 0.6) is 0 Å². The summed E-state index contributed by atoms with van der Waals surface area (Å²) in [5.74, 6) is 0.849. The van der Waals surface area contributed by atoms with Gasteiger partial charge in [-0.25, -0.2) is 0 Å². The van der Waals surface area contributed by atoms with E-state index in [1.807, 2.05) is 30.3 Å². The van der Waals surface area contributed by atoms with E-state index in [0.717, 1.165) is 16.7 Å². The van der Waals surface area contributed by atoms with E-state index in [4.69, 9.17) is 4.42 Å². The predicted octanol–water partition coefficient (Wildman–Crippen LogP) is 5.16. The molecule has 0 unspecified atom stereocenters. The van der Waals surface area contributed by atoms with Gasteiger partial charge in [-0.3, -0.25) is 4.79 Å². The fourth-order valence-corrected chi connectivity index (χ4v) is 2.82. The van der Waals surface area contributed by atoms with Gasteiger partial charge < -0.3 is 9.73 Å². The van der Waals surface area contributed by atoms with Crippen molar-refractivity contribution < 1.29 is 9.21 Å². The molecule has 0 fully saturated rings. The fourth-order valence-electron chi connectivity index (χ4n) is 2.82. The third kappa shape index (κ3) is 3.29. The van der Waals surface area contributed by atoms with E-state index in [9.17, 15) is 4.79 Å². The minimum Gasteiger partial charge on any atom is -0.453 e. The molecule has 0 aliphatic carbocycles. The number of rotatable bonds is 5. The predicted molar refractivity (Wildman–Crippen MR) is 94.3 cm³/mol. The lowest BCUT2D eigenvalue weighted by molar-refractivity contribution is 0.0982. The SMILES string of the molecule is Cc1cc(NCC(=O)c2cc3ccccc3o2)ccc1C(C)C. The Morgan fingerprint density at radius 1 is 1.13 bits per heavy atom. The van der Waals surface area contributed by atoms with E-state index in [0.29, 0.717) is 11.7 Å². The molecule has 3 nitrogen and oxygen atoms in total. The first kappa shape index (κ1) is 15.3. The fraction of sp³-hybridized carbons (Fsp3) is 0.250. The van der Waals surface area contributed by atoms with Gasteiger partial charge >= 0.3 is 0 Å². The zero-order valence-electron chi connectivity index (χ0n) is 13.7. The van der Waals surface area contributed by atoms with Crippen LogP contribution in [0.2, 0.25) is 0 Å². The highest BCUT2D eigenvalue weighted by Crippen LogP contribution is 2.23. The Kier molecular flexibility index (Phi) is 4.20. The number of para-hydroxylation sites is 1. The molecular formula is C20H21NO2. The van der Waals surface area contributed by atoms with E-state index in [1.165, 1.54) is 11.1 Å². The van der Waals surface area contributed by atoms with E-state index < -0.39 is 0 Å². The summed E-state index contributed by atoms with van der Waals surface area (Å²) in [5.41, 5.74) is 4.27. The van der Waals surface area contributed by atoms with Crippen molar-refractivity contribution in [3.63, 3.8) is 0 Å². The lowest BCUT2D eigenvalue weighted by Gasteiger charge is -2.12. The lowest BCUT2D eigenvalue weighted by atomic mass is 9.98. The molecule has 0 saturated heterocycles. The topological polar surface area (TPSA) is 42.2 Å². The second-order valence-corrected chi connectivity index (χ2v) is 6.15. The summed E-state index contributed by atoms with van der Waals surface area (Å²) in [6.45, 7) is 6.68. The van der Waals surface area contributed by atoms with Crippen LogP contribution in [-0.2, 0) is 0 Å². The van der Waals surface area contributed by atoms with Gasteiger partial charge in [0, 0.05) is 11.1 Å². The van der Waals surface area contributed by atoms with Gasteiger partial charge in [0.15, 0.2) is 5.76 Å². The number of hydrogen-bond acceptors (Lipinski definition) is 3. The van der Waals surface area contributed by atoms with Crippen LogP contribution < -0.4 is 5.32 Å². The van der Waals surface area contributed by atoms with E-state index in [-0.39, 0.29) is 12.3 Å². The van der Waals surface area contributed by atoms with Crippen LogP contribution in [0.15, 0.2) is 52.9 Å². The summed E-state index contributed by atoms with van der Waals surface area (Å²) in [5, 5.41) is 4.14. The highest BCUT2D eigenvalue weighted by molar-refractivity contribution is 5.99. The summed E-state index contributed by atoms with van der Waals surface area (Å²) < 4.78 is 5.60. The minimum atomic E-state index is -0.0493. The molecule has 0 aliphatic heterocycles. The number of carbonyl (C=O) groups excluding carboxylic acids is 1. The molecule has 0 aliphatic rings. The lowest BCUT2D eigenvalue weighted by Crippen LogP contribution is -2.13. The molecule has 1 aromatic heterocycles. The largest absolute Gasteiger partial charge is 0.453 e. The van der Waals surface area contributed by atoms with Crippen LogP contribution >= 0.6 is 0 Å². The summed E-state index contributed by atoms with van der Waals surface area (Å²) in [6.07, 6.45) is 0. The number of hydrogen-bond donors (Lipinski definition) is 1. The molecule has 0 radical (unpaired) electrons. The van der Waals surface area contributed by atoms with Crippen LogP contribution in [-0.4, -0.2) is 12.3 Å². The molecule has 3 heteroatoms. The maximum atomic E-state index is 12.3. The molecule has 118 valence electrons. The number of carbonyl (C=O) groups is 1. The van der Waals surface area contributed by atoms with Crippen LogP contribution in [0, 0.1) is 6.92 Å².